The number of fused-ring (bicyclic) bond motifs is 1. The van der Waals surface area contributed by atoms with E-state index in [4.69, 9.17) is 5.11 Å². The van der Waals surface area contributed by atoms with Crippen LogP contribution in [-0.4, -0.2) is 22.5 Å². The van der Waals surface area contributed by atoms with Gasteiger partial charge in [-0.25, -0.2) is 9.98 Å². The van der Waals surface area contributed by atoms with Gasteiger partial charge in [0.1, 0.15) is 6.54 Å². The first kappa shape index (κ1) is 11.4. The van der Waals surface area contributed by atoms with Crippen molar-refractivity contribution >= 4 is 5.97 Å². The van der Waals surface area contributed by atoms with E-state index in [0.717, 1.165) is 16.3 Å². The molecule has 1 aromatic carbocycles. The minimum Gasteiger partial charge on any atom is -0.480 e. The number of carboxylic acid groups (broad SMARTS) is 1. The Morgan fingerprint density at radius 2 is 1.68 bits per heavy atom. The lowest BCUT2D eigenvalue weighted by molar-refractivity contribution is -0.137. The molecule has 0 aliphatic carbocycles. The molecular formula is C14H11N3O2. The SMILES string of the molecule is O=C(O)CN1C=CC(=C2N=c3ccccc3=N2)C=C1. The van der Waals surface area contributed by atoms with Crippen molar-refractivity contribution in [3.8, 4) is 0 Å². The highest BCUT2D eigenvalue weighted by molar-refractivity contribution is 5.69. The smallest absolute Gasteiger partial charge is 0.323 e. The normalized spacial score (nSPS) is 16.1. The summed E-state index contributed by atoms with van der Waals surface area (Å²) in [5.74, 6) is -0.211. The van der Waals surface area contributed by atoms with E-state index in [1.807, 2.05) is 36.4 Å². The van der Waals surface area contributed by atoms with Crippen LogP contribution in [0.3, 0.4) is 0 Å². The number of hydrogen-bond donors (Lipinski definition) is 1. The van der Waals surface area contributed by atoms with E-state index in [2.05, 4.69) is 9.98 Å². The number of carboxylic acids is 1. The second kappa shape index (κ2) is 4.53. The van der Waals surface area contributed by atoms with Crippen molar-refractivity contribution in [1.29, 1.82) is 0 Å². The second-order valence-electron chi connectivity index (χ2n) is 4.19. The van der Waals surface area contributed by atoms with Gasteiger partial charge in [-0.3, -0.25) is 4.79 Å². The fourth-order valence-electron chi connectivity index (χ4n) is 1.90. The molecule has 0 unspecified atom stereocenters. The van der Waals surface area contributed by atoms with Crippen molar-refractivity contribution in [2.45, 2.75) is 0 Å². The zero-order valence-corrected chi connectivity index (χ0v) is 10.0. The predicted octanol–water partition coefficient (Wildman–Crippen LogP) is 0.579. The molecule has 3 rings (SSSR count). The van der Waals surface area contributed by atoms with Gasteiger partial charge in [-0.05, 0) is 24.3 Å². The Kier molecular flexibility index (Phi) is 2.72. The molecule has 1 aromatic rings. The van der Waals surface area contributed by atoms with E-state index in [0.29, 0.717) is 5.82 Å². The molecule has 0 saturated carbocycles. The molecule has 1 N–H and O–H groups in total. The van der Waals surface area contributed by atoms with Gasteiger partial charge in [-0.1, -0.05) is 12.1 Å². The molecule has 2 aliphatic heterocycles. The van der Waals surface area contributed by atoms with E-state index >= 15 is 0 Å². The molecule has 94 valence electrons. The summed E-state index contributed by atoms with van der Waals surface area (Å²) in [5, 5.41) is 10.4. The lowest BCUT2D eigenvalue weighted by atomic mass is 10.2. The van der Waals surface area contributed by atoms with Crippen molar-refractivity contribution in [3.05, 3.63) is 70.9 Å². The summed E-state index contributed by atoms with van der Waals surface area (Å²) in [6, 6.07) is 7.68. The lowest BCUT2D eigenvalue weighted by Crippen LogP contribution is -2.20. The first-order valence-electron chi connectivity index (χ1n) is 5.83. The van der Waals surface area contributed by atoms with Gasteiger partial charge >= 0.3 is 5.97 Å². The molecule has 19 heavy (non-hydrogen) atoms. The largest absolute Gasteiger partial charge is 0.480 e. The van der Waals surface area contributed by atoms with Crippen LogP contribution in [0.5, 0.6) is 0 Å². The van der Waals surface area contributed by atoms with Crippen LogP contribution in [0.1, 0.15) is 0 Å². The number of allylic oxidation sites excluding steroid dienone is 3. The van der Waals surface area contributed by atoms with E-state index in [1.165, 1.54) is 0 Å². The molecule has 0 fully saturated rings. The van der Waals surface area contributed by atoms with Gasteiger partial charge in [0, 0.05) is 18.0 Å². The average molecular weight is 253 g/mol. The Labute approximate surface area is 109 Å². The van der Waals surface area contributed by atoms with Gasteiger partial charge in [0.05, 0.1) is 10.7 Å². The number of hydrogen-bond acceptors (Lipinski definition) is 4. The van der Waals surface area contributed by atoms with E-state index in [9.17, 15) is 4.79 Å². The van der Waals surface area contributed by atoms with Gasteiger partial charge in [0.15, 0.2) is 5.82 Å². The van der Waals surface area contributed by atoms with E-state index < -0.39 is 5.97 Å². The molecule has 0 radical (unpaired) electrons. The highest BCUT2D eigenvalue weighted by Crippen LogP contribution is 2.16. The Hall–Kier alpha value is -2.69. The topological polar surface area (TPSA) is 65.3 Å². The molecular weight excluding hydrogens is 242 g/mol. The summed E-state index contributed by atoms with van der Waals surface area (Å²) in [6.45, 7) is -0.0515. The Morgan fingerprint density at radius 3 is 2.21 bits per heavy atom. The number of benzene rings is 1. The first-order chi connectivity index (χ1) is 9.22. The monoisotopic (exact) mass is 253 g/mol. The summed E-state index contributed by atoms with van der Waals surface area (Å²) >= 11 is 0. The Bertz CT molecular complexity index is 691. The van der Waals surface area contributed by atoms with Crippen LogP contribution in [0.15, 0.2) is 70.2 Å². The second-order valence-corrected chi connectivity index (χ2v) is 4.19. The summed E-state index contributed by atoms with van der Waals surface area (Å²) in [5.41, 5.74) is 0.873. The molecule has 5 nitrogen and oxygen atoms in total. The summed E-state index contributed by atoms with van der Waals surface area (Å²) in [6.07, 6.45) is 7.06. The standard InChI is InChI=1S/C14H11N3O2/c18-13(19)9-17-7-5-10(6-8-17)14-15-11-3-1-2-4-12(11)16-14/h1-8H,9H2,(H,18,19). The number of para-hydroxylation sites is 2. The maximum Gasteiger partial charge on any atom is 0.323 e. The molecule has 0 atom stereocenters. The van der Waals surface area contributed by atoms with Crippen LogP contribution in [0.2, 0.25) is 0 Å². The van der Waals surface area contributed by atoms with Crippen LogP contribution in [0.25, 0.3) is 0 Å². The summed E-state index contributed by atoms with van der Waals surface area (Å²) in [7, 11) is 0. The maximum absolute atomic E-state index is 10.6. The lowest BCUT2D eigenvalue weighted by Gasteiger charge is -2.16. The molecule has 5 heteroatoms. The first-order valence-corrected chi connectivity index (χ1v) is 5.83. The van der Waals surface area contributed by atoms with E-state index in [-0.39, 0.29) is 6.54 Å². The van der Waals surface area contributed by atoms with Crippen molar-refractivity contribution in [3.63, 3.8) is 0 Å². The third-order valence-corrected chi connectivity index (χ3v) is 2.80. The van der Waals surface area contributed by atoms with Crippen LogP contribution < -0.4 is 10.7 Å². The molecule has 0 bridgehead atoms. The fourth-order valence-corrected chi connectivity index (χ4v) is 1.90. The highest BCUT2D eigenvalue weighted by atomic mass is 16.4. The minimum atomic E-state index is -0.868. The molecule has 0 saturated heterocycles. The molecule has 0 spiro atoms. The van der Waals surface area contributed by atoms with Crippen molar-refractivity contribution in [2.24, 2.45) is 9.98 Å². The number of aliphatic carboxylic acids is 1. The van der Waals surface area contributed by atoms with Crippen LogP contribution in [0.4, 0.5) is 0 Å². The number of rotatable bonds is 2. The van der Waals surface area contributed by atoms with Crippen molar-refractivity contribution in [1.82, 2.24) is 4.90 Å². The molecule has 0 aromatic heterocycles. The van der Waals surface area contributed by atoms with Crippen LogP contribution in [-0.2, 0) is 4.79 Å². The van der Waals surface area contributed by atoms with Gasteiger partial charge in [-0.15, -0.1) is 0 Å². The Morgan fingerprint density at radius 1 is 1.11 bits per heavy atom. The summed E-state index contributed by atoms with van der Waals surface area (Å²) < 4.78 is 0. The van der Waals surface area contributed by atoms with Gasteiger partial charge in [0.2, 0.25) is 0 Å². The molecule has 2 heterocycles. The Balaban J connectivity index is 1.91. The van der Waals surface area contributed by atoms with Gasteiger partial charge < -0.3 is 10.0 Å². The van der Waals surface area contributed by atoms with Crippen LogP contribution >= 0.6 is 0 Å². The van der Waals surface area contributed by atoms with Crippen LogP contribution in [0, 0.1) is 0 Å². The molecule has 0 amide bonds. The summed E-state index contributed by atoms with van der Waals surface area (Å²) in [4.78, 5) is 21.1. The van der Waals surface area contributed by atoms with Gasteiger partial charge in [0.25, 0.3) is 0 Å². The minimum absolute atomic E-state index is 0.0515. The zero-order valence-electron chi connectivity index (χ0n) is 10.0. The molecule has 2 aliphatic rings. The average Bonchev–Trinajstić information content (AvgIpc) is 2.82. The quantitative estimate of drug-likeness (QED) is 0.838. The third kappa shape index (κ3) is 2.30. The third-order valence-electron chi connectivity index (χ3n) is 2.80. The zero-order chi connectivity index (χ0) is 13.2. The predicted molar refractivity (Wildman–Crippen MR) is 68.4 cm³/mol. The number of carbonyl (C=O) groups is 1. The number of nitrogens with zero attached hydrogens (tertiary/aromatic N) is 3. The van der Waals surface area contributed by atoms with Crippen molar-refractivity contribution in [2.75, 3.05) is 6.54 Å². The van der Waals surface area contributed by atoms with E-state index in [1.54, 1.807) is 17.3 Å². The fraction of sp³-hybridized carbons (Fsp3) is 0.0714. The van der Waals surface area contributed by atoms with Crippen molar-refractivity contribution < 1.29 is 9.90 Å². The maximum atomic E-state index is 10.6. The van der Waals surface area contributed by atoms with Gasteiger partial charge in [-0.2, -0.15) is 0 Å². The highest BCUT2D eigenvalue weighted by Gasteiger charge is 2.10.